The molecule has 0 atom stereocenters. The van der Waals surface area contributed by atoms with Gasteiger partial charge in [0.15, 0.2) is 5.03 Å². The van der Waals surface area contributed by atoms with Gasteiger partial charge in [-0.05, 0) is 13.3 Å². The fraction of sp³-hybridized carbons (Fsp3) is 0.636. The van der Waals surface area contributed by atoms with Crippen LogP contribution in [0.1, 0.15) is 19.8 Å². The number of carbonyl (C=O) groups is 1. The van der Waals surface area contributed by atoms with Crippen molar-refractivity contribution in [2.24, 2.45) is 0 Å². The molecule has 0 saturated heterocycles. The van der Waals surface area contributed by atoms with Gasteiger partial charge in [-0.1, -0.05) is 0 Å². The summed E-state index contributed by atoms with van der Waals surface area (Å²) in [5.74, 6) is -0.346. The van der Waals surface area contributed by atoms with Gasteiger partial charge in [-0.2, -0.15) is 4.31 Å². The zero-order chi connectivity index (χ0) is 14.5. The topological polar surface area (TPSA) is 81.5 Å². The summed E-state index contributed by atoms with van der Waals surface area (Å²) in [6.45, 7) is 2.81. The van der Waals surface area contributed by atoms with Crippen molar-refractivity contribution < 1.29 is 17.9 Å². The van der Waals surface area contributed by atoms with Crippen molar-refractivity contribution in [3.63, 3.8) is 0 Å². The van der Waals surface area contributed by atoms with Crippen LogP contribution in [0.4, 0.5) is 0 Å². The summed E-state index contributed by atoms with van der Waals surface area (Å²) in [6, 6.07) is 0. The number of ether oxygens (including phenoxy) is 1. The number of aryl methyl sites for hydroxylation is 1. The normalized spacial score (nSPS) is 11.8. The molecule has 0 aliphatic heterocycles. The predicted octanol–water partition coefficient (Wildman–Crippen LogP) is 0.477. The highest BCUT2D eigenvalue weighted by molar-refractivity contribution is 7.89. The highest BCUT2D eigenvalue weighted by Crippen LogP contribution is 2.12. The number of imidazole rings is 1. The van der Waals surface area contributed by atoms with Gasteiger partial charge in [0.25, 0.3) is 10.0 Å². The van der Waals surface area contributed by atoms with Crippen LogP contribution in [0.3, 0.4) is 0 Å². The number of rotatable bonds is 7. The van der Waals surface area contributed by atoms with E-state index >= 15 is 0 Å². The van der Waals surface area contributed by atoms with E-state index in [0.717, 1.165) is 0 Å². The van der Waals surface area contributed by atoms with Crippen molar-refractivity contribution in [1.29, 1.82) is 0 Å². The molecule has 0 spiro atoms. The van der Waals surface area contributed by atoms with Gasteiger partial charge >= 0.3 is 5.97 Å². The van der Waals surface area contributed by atoms with Crippen molar-refractivity contribution in [3.05, 3.63) is 12.5 Å². The van der Waals surface area contributed by atoms with Crippen molar-refractivity contribution in [2.75, 3.05) is 20.7 Å². The number of nitrogens with zero attached hydrogens (tertiary/aromatic N) is 3. The molecule has 0 fully saturated rings. The summed E-state index contributed by atoms with van der Waals surface area (Å²) >= 11 is 0. The average Bonchev–Trinajstić information content (AvgIpc) is 2.87. The lowest BCUT2D eigenvalue weighted by Gasteiger charge is -2.14. The smallest absolute Gasteiger partial charge is 0.305 e. The first kappa shape index (κ1) is 15.6. The van der Waals surface area contributed by atoms with Gasteiger partial charge in [0.1, 0.15) is 0 Å². The highest BCUT2D eigenvalue weighted by Gasteiger charge is 2.23. The molecule has 8 heteroatoms. The van der Waals surface area contributed by atoms with E-state index in [1.807, 2.05) is 6.92 Å². The van der Waals surface area contributed by atoms with Crippen molar-refractivity contribution in [3.8, 4) is 0 Å². The molecule has 0 aliphatic rings. The maximum absolute atomic E-state index is 12.1. The lowest BCUT2D eigenvalue weighted by Crippen LogP contribution is -2.28. The van der Waals surface area contributed by atoms with Crippen LogP contribution in [0.25, 0.3) is 0 Å². The molecule has 108 valence electrons. The van der Waals surface area contributed by atoms with E-state index < -0.39 is 10.0 Å². The zero-order valence-corrected chi connectivity index (χ0v) is 12.2. The van der Waals surface area contributed by atoms with Gasteiger partial charge in [-0.15, -0.1) is 0 Å². The SMILES string of the molecule is CCn1cnc(S(=O)(=O)N(C)CCCC(=O)OC)c1. The molecule has 0 saturated carbocycles. The fourth-order valence-electron chi connectivity index (χ4n) is 1.47. The molecule has 0 unspecified atom stereocenters. The van der Waals surface area contributed by atoms with Crippen molar-refractivity contribution in [1.82, 2.24) is 13.9 Å². The summed E-state index contributed by atoms with van der Waals surface area (Å²) in [6.07, 6.45) is 3.58. The molecule has 19 heavy (non-hydrogen) atoms. The number of aromatic nitrogens is 2. The molecule has 0 amide bonds. The number of hydrogen-bond acceptors (Lipinski definition) is 5. The van der Waals surface area contributed by atoms with Crippen LogP contribution in [-0.2, 0) is 26.1 Å². The Hall–Kier alpha value is -1.41. The fourth-order valence-corrected chi connectivity index (χ4v) is 2.61. The molecule has 0 bridgehead atoms. The minimum Gasteiger partial charge on any atom is -0.469 e. The first-order valence-corrected chi connectivity index (χ1v) is 7.40. The van der Waals surface area contributed by atoms with Crippen LogP contribution in [0.5, 0.6) is 0 Å². The Morgan fingerprint density at radius 3 is 2.74 bits per heavy atom. The van der Waals surface area contributed by atoms with Crippen LogP contribution >= 0.6 is 0 Å². The van der Waals surface area contributed by atoms with Gasteiger partial charge in [0.05, 0.1) is 13.4 Å². The Bertz CT molecular complexity index is 524. The molecule has 7 nitrogen and oxygen atoms in total. The van der Waals surface area contributed by atoms with Gasteiger partial charge in [0, 0.05) is 32.8 Å². The highest BCUT2D eigenvalue weighted by atomic mass is 32.2. The van der Waals surface area contributed by atoms with E-state index in [9.17, 15) is 13.2 Å². The first-order chi connectivity index (χ1) is 8.91. The molecule has 1 rings (SSSR count). The zero-order valence-electron chi connectivity index (χ0n) is 11.4. The van der Waals surface area contributed by atoms with Gasteiger partial charge in [-0.3, -0.25) is 4.79 Å². The first-order valence-electron chi connectivity index (χ1n) is 5.96. The minimum absolute atomic E-state index is 0.0231. The summed E-state index contributed by atoms with van der Waals surface area (Å²) in [7, 11) is -0.808. The van der Waals surface area contributed by atoms with E-state index in [-0.39, 0.29) is 24.0 Å². The second-order valence-corrected chi connectivity index (χ2v) is 6.04. The third kappa shape index (κ3) is 4.03. The summed E-state index contributed by atoms with van der Waals surface area (Å²) in [5, 5.41) is 0.0231. The second-order valence-electron chi connectivity index (χ2n) is 4.05. The van der Waals surface area contributed by atoms with Gasteiger partial charge in [-0.25, -0.2) is 13.4 Å². The molecule has 0 aromatic carbocycles. The van der Waals surface area contributed by atoms with Gasteiger partial charge in [0.2, 0.25) is 0 Å². The van der Waals surface area contributed by atoms with Crippen LogP contribution in [0, 0.1) is 0 Å². The lowest BCUT2D eigenvalue weighted by molar-refractivity contribution is -0.140. The molecule has 1 aromatic heterocycles. The van der Waals surface area contributed by atoms with E-state index in [2.05, 4.69) is 9.72 Å². The van der Waals surface area contributed by atoms with Crippen LogP contribution in [-0.4, -0.2) is 48.9 Å². The number of sulfonamides is 1. The average molecular weight is 289 g/mol. The monoisotopic (exact) mass is 289 g/mol. The summed E-state index contributed by atoms with van der Waals surface area (Å²) < 4.78 is 31.7. The molecule has 0 N–H and O–H groups in total. The third-order valence-corrected chi connectivity index (χ3v) is 4.47. The third-order valence-electron chi connectivity index (χ3n) is 2.73. The Morgan fingerprint density at radius 1 is 1.53 bits per heavy atom. The molecule has 0 aliphatic carbocycles. The Morgan fingerprint density at radius 2 is 2.21 bits per heavy atom. The quantitative estimate of drug-likeness (QED) is 0.682. The van der Waals surface area contributed by atoms with Crippen LogP contribution in [0.15, 0.2) is 17.6 Å². The van der Waals surface area contributed by atoms with Crippen molar-refractivity contribution >= 4 is 16.0 Å². The molecule has 0 radical (unpaired) electrons. The molecule has 1 aromatic rings. The number of esters is 1. The van der Waals surface area contributed by atoms with E-state index in [4.69, 9.17) is 0 Å². The lowest BCUT2D eigenvalue weighted by atomic mass is 10.3. The number of hydrogen-bond donors (Lipinski definition) is 0. The molecular formula is C11H19N3O4S. The van der Waals surface area contributed by atoms with E-state index in [1.54, 1.807) is 4.57 Å². The maximum Gasteiger partial charge on any atom is 0.305 e. The summed E-state index contributed by atoms with van der Waals surface area (Å²) in [4.78, 5) is 14.8. The van der Waals surface area contributed by atoms with Crippen molar-refractivity contribution in [2.45, 2.75) is 31.3 Å². The van der Waals surface area contributed by atoms with Gasteiger partial charge < -0.3 is 9.30 Å². The van der Waals surface area contributed by atoms with Crippen LogP contribution < -0.4 is 0 Å². The minimum atomic E-state index is -3.58. The summed E-state index contributed by atoms with van der Waals surface area (Å²) in [5.41, 5.74) is 0. The molecular weight excluding hydrogens is 270 g/mol. The maximum atomic E-state index is 12.1. The predicted molar refractivity (Wildman–Crippen MR) is 69.0 cm³/mol. The Balaban J connectivity index is 2.64. The van der Waals surface area contributed by atoms with E-state index in [0.29, 0.717) is 13.0 Å². The molecule has 1 heterocycles. The standard InChI is InChI=1S/C11H19N3O4S/c1-4-14-8-10(12-9-14)19(16,17)13(2)7-5-6-11(15)18-3/h8-9H,4-7H2,1-3H3. The second kappa shape index (κ2) is 6.67. The largest absolute Gasteiger partial charge is 0.469 e. The Kier molecular flexibility index (Phi) is 5.49. The number of carbonyl (C=O) groups excluding carboxylic acids is 1. The Labute approximate surface area is 113 Å². The van der Waals surface area contributed by atoms with Crippen LogP contribution in [0.2, 0.25) is 0 Å². The van der Waals surface area contributed by atoms with E-state index in [1.165, 1.54) is 31.0 Å². The number of methoxy groups -OCH3 is 1.